The molecule has 1 N–H and O–H groups in total. The van der Waals surface area contributed by atoms with E-state index in [1.165, 1.54) is 6.07 Å². The van der Waals surface area contributed by atoms with Gasteiger partial charge in [0.2, 0.25) is 5.91 Å². The molecule has 0 bridgehead atoms. The molecule has 0 fully saturated rings. The zero-order valence-corrected chi connectivity index (χ0v) is 16.7. The van der Waals surface area contributed by atoms with Crippen molar-refractivity contribution >= 4 is 16.9 Å². The van der Waals surface area contributed by atoms with Crippen LogP contribution in [0.2, 0.25) is 0 Å². The van der Waals surface area contributed by atoms with Crippen LogP contribution in [-0.2, 0) is 24.2 Å². The maximum absolute atomic E-state index is 14.2. The van der Waals surface area contributed by atoms with Crippen molar-refractivity contribution in [3.05, 3.63) is 102 Å². The van der Waals surface area contributed by atoms with Crippen LogP contribution in [0.3, 0.4) is 0 Å². The lowest BCUT2D eigenvalue weighted by Gasteiger charge is -2.11. The summed E-state index contributed by atoms with van der Waals surface area (Å²) >= 11 is 0. The smallest absolute Gasteiger partial charge is 0.224 e. The van der Waals surface area contributed by atoms with Crippen molar-refractivity contribution in [2.24, 2.45) is 0 Å². The van der Waals surface area contributed by atoms with Gasteiger partial charge in [0.1, 0.15) is 11.6 Å². The van der Waals surface area contributed by atoms with Gasteiger partial charge >= 0.3 is 0 Å². The Bertz CT molecular complexity index is 1140. The zero-order chi connectivity index (χ0) is 20.8. The highest BCUT2D eigenvalue weighted by molar-refractivity contribution is 5.78. The van der Waals surface area contributed by atoms with Crippen molar-refractivity contribution in [2.75, 3.05) is 6.54 Å². The van der Waals surface area contributed by atoms with Crippen molar-refractivity contribution in [3.8, 4) is 0 Å². The van der Waals surface area contributed by atoms with Crippen LogP contribution in [0.4, 0.5) is 4.39 Å². The van der Waals surface area contributed by atoms with E-state index in [0.717, 1.165) is 28.8 Å². The number of fused-ring (bicyclic) bond motifs is 1. The van der Waals surface area contributed by atoms with Gasteiger partial charge in [-0.25, -0.2) is 9.37 Å². The molecular weight excluding hydrogens is 377 g/mol. The van der Waals surface area contributed by atoms with Crippen molar-refractivity contribution in [3.63, 3.8) is 0 Å². The van der Waals surface area contributed by atoms with E-state index >= 15 is 0 Å². The van der Waals surface area contributed by atoms with Crippen LogP contribution in [0.1, 0.15) is 23.4 Å². The minimum absolute atomic E-state index is 0.0149. The topological polar surface area (TPSA) is 46.9 Å². The number of aromatic nitrogens is 2. The van der Waals surface area contributed by atoms with Gasteiger partial charge in [-0.15, -0.1) is 0 Å². The molecule has 1 aromatic heterocycles. The van der Waals surface area contributed by atoms with Gasteiger partial charge in [-0.2, -0.15) is 0 Å². The van der Waals surface area contributed by atoms with Gasteiger partial charge in [-0.3, -0.25) is 4.79 Å². The minimum Gasteiger partial charge on any atom is -0.356 e. The number of imidazole rings is 1. The Morgan fingerprint density at radius 3 is 2.50 bits per heavy atom. The lowest BCUT2D eigenvalue weighted by Crippen LogP contribution is -2.26. The quantitative estimate of drug-likeness (QED) is 0.442. The molecule has 0 spiro atoms. The van der Waals surface area contributed by atoms with Gasteiger partial charge in [0.15, 0.2) is 0 Å². The molecule has 3 aromatic carbocycles. The Kier molecular flexibility index (Phi) is 6.18. The molecular formula is C25H24FN3O. The second-order valence-corrected chi connectivity index (χ2v) is 7.31. The van der Waals surface area contributed by atoms with Crippen LogP contribution in [-0.4, -0.2) is 22.0 Å². The molecule has 4 nitrogen and oxygen atoms in total. The SMILES string of the molecule is O=C(Cc1ccccc1)NCCCc1nc2ccccc2n1Cc1ccccc1F. The number of hydrogen-bond acceptors (Lipinski definition) is 2. The summed E-state index contributed by atoms with van der Waals surface area (Å²) in [6.45, 7) is 1.01. The molecule has 5 heteroatoms. The van der Waals surface area contributed by atoms with E-state index in [0.29, 0.717) is 31.5 Å². The maximum atomic E-state index is 14.2. The monoisotopic (exact) mass is 401 g/mol. The first-order valence-corrected chi connectivity index (χ1v) is 10.2. The highest BCUT2D eigenvalue weighted by Crippen LogP contribution is 2.20. The number of carbonyl (C=O) groups is 1. The summed E-state index contributed by atoms with van der Waals surface area (Å²) in [7, 11) is 0. The van der Waals surface area contributed by atoms with E-state index in [4.69, 9.17) is 4.98 Å². The molecule has 0 aliphatic carbocycles. The Morgan fingerprint density at radius 1 is 0.933 bits per heavy atom. The molecule has 30 heavy (non-hydrogen) atoms. The molecule has 0 saturated carbocycles. The maximum Gasteiger partial charge on any atom is 0.224 e. The second kappa shape index (κ2) is 9.35. The fourth-order valence-corrected chi connectivity index (χ4v) is 3.61. The summed E-state index contributed by atoms with van der Waals surface area (Å²) in [4.78, 5) is 16.9. The normalized spacial score (nSPS) is 11.0. The predicted octanol–water partition coefficient (Wildman–Crippen LogP) is 4.52. The second-order valence-electron chi connectivity index (χ2n) is 7.31. The van der Waals surface area contributed by atoms with Crippen LogP contribution in [0, 0.1) is 5.82 Å². The number of nitrogens with one attached hydrogen (secondary N) is 1. The average molecular weight is 401 g/mol. The van der Waals surface area contributed by atoms with Crippen LogP contribution in [0.15, 0.2) is 78.9 Å². The average Bonchev–Trinajstić information content (AvgIpc) is 3.11. The Hall–Kier alpha value is -3.47. The van der Waals surface area contributed by atoms with E-state index in [1.807, 2.05) is 60.7 Å². The van der Waals surface area contributed by atoms with Crippen LogP contribution < -0.4 is 5.32 Å². The first-order valence-electron chi connectivity index (χ1n) is 10.2. The highest BCUT2D eigenvalue weighted by Gasteiger charge is 2.12. The summed E-state index contributed by atoms with van der Waals surface area (Å²) < 4.78 is 16.3. The molecule has 0 saturated heterocycles. The molecule has 1 amide bonds. The third-order valence-corrected chi connectivity index (χ3v) is 5.13. The summed E-state index contributed by atoms with van der Waals surface area (Å²) in [5.74, 6) is 0.701. The number of amides is 1. The molecule has 4 aromatic rings. The van der Waals surface area contributed by atoms with Crippen LogP contribution in [0.5, 0.6) is 0 Å². The Balaban J connectivity index is 1.41. The predicted molar refractivity (Wildman–Crippen MR) is 117 cm³/mol. The third-order valence-electron chi connectivity index (χ3n) is 5.13. The first kappa shape index (κ1) is 19.8. The molecule has 0 aliphatic heterocycles. The number of benzene rings is 3. The summed E-state index contributed by atoms with van der Waals surface area (Å²) in [6, 6.07) is 24.4. The fourth-order valence-electron chi connectivity index (χ4n) is 3.61. The molecule has 0 radical (unpaired) electrons. The van der Waals surface area contributed by atoms with Gasteiger partial charge in [0.25, 0.3) is 0 Å². The number of halogens is 1. The standard InChI is InChI=1S/C25H24FN3O/c26-21-12-5-4-11-20(21)18-29-23-14-7-6-13-22(23)28-24(29)15-8-16-27-25(30)17-19-9-2-1-3-10-19/h1-7,9-14H,8,15-18H2,(H,27,30). The van der Waals surface area contributed by atoms with Crippen molar-refractivity contribution in [1.29, 1.82) is 0 Å². The van der Waals surface area contributed by atoms with Crippen molar-refractivity contribution in [1.82, 2.24) is 14.9 Å². The molecule has 0 atom stereocenters. The molecule has 1 heterocycles. The number of rotatable bonds is 8. The number of para-hydroxylation sites is 2. The van der Waals surface area contributed by atoms with Gasteiger partial charge < -0.3 is 9.88 Å². The zero-order valence-electron chi connectivity index (χ0n) is 16.7. The van der Waals surface area contributed by atoms with Gasteiger partial charge in [0.05, 0.1) is 24.0 Å². The van der Waals surface area contributed by atoms with Crippen LogP contribution >= 0.6 is 0 Å². The number of hydrogen-bond donors (Lipinski definition) is 1. The van der Waals surface area contributed by atoms with Crippen LogP contribution in [0.25, 0.3) is 11.0 Å². The lowest BCUT2D eigenvalue weighted by atomic mass is 10.1. The summed E-state index contributed by atoms with van der Waals surface area (Å²) in [6.07, 6.45) is 1.85. The summed E-state index contributed by atoms with van der Waals surface area (Å²) in [5, 5.41) is 2.98. The molecule has 152 valence electrons. The Morgan fingerprint density at radius 2 is 1.67 bits per heavy atom. The first-order chi connectivity index (χ1) is 14.7. The molecule has 0 unspecified atom stereocenters. The van der Waals surface area contributed by atoms with Crippen molar-refractivity contribution < 1.29 is 9.18 Å². The van der Waals surface area contributed by atoms with Gasteiger partial charge in [-0.05, 0) is 30.2 Å². The fraction of sp³-hybridized carbons (Fsp3) is 0.200. The van der Waals surface area contributed by atoms with E-state index in [2.05, 4.69) is 9.88 Å². The number of carbonyl (C=O) groups excluding carboxylic acids is 1. The van der Waals surface area contributed by atoms with E-state index < -0.39 is 0 Å². The third kappa shape index (κ3) is 4.74. The highest BCUT2D eigenvalue weighted by atomic mass is 19.1. The summed E-state index contributed by atoms with van der Waals surface area (Å²) in [5.41, 5.74) is 3.53. The van der Waals surface area contributed by atoms with Gasteiger partial charge in [-0.1, -0.05) is 60.7 Å². The number of nitrogens with zero attached hydrogens (tertiary/aromatic N) is 2. The Labute approximate surface area is 175 Å². The van der Waals surface area contributed by atoms with Crippen molar-refractivity contribution in [2.45, 2.75) is 25.8 Å². The van der Waals surface area contributed by atoms with E-state index in [-0.39, 0.29) is 11.7 Å². The number of aryl methyl sites for hydroxylation is 1. The molecule has 4 rings (SSSR count). The minimum atomic E-state index is -0.214. The lowest BCUT2D eigenvalue weighted by molar-refractivity contribution is -0.120. The molecule has 0 aliphatic rings. The van der Waals surface area contributed by atoms with E-state index in [1.54, 1.807) is 12.1 Å². The van der Waals surface area contributed by atoms with Gasteiger partial charge in [0, 0.05) is 18.5 Å². The largest absolute Gasteiger partial charge is 0.356 e. The van der Waals surface area contributed by atoms with E-state index in [9.17, 15) is 9.18 Å².